The maximum Gasteiger partial charge on any atom is 0.121 e. The molecular weight excluding hydrogens is 218 g/mol. The Morgan fingerprint density at radius 3 is 2.65 bits per heavy atom. The van der Waals surface area contributed by atoms with Crippen LogP contribution in [0.1, 0.15) is 24.2 Å². The summed E-state index contributed by atoms with van der Waals surface area (Å²) >= 11 is 0. The van der Waals surface area contributed by atoms with Gasteiger partial charge in [0.05, 0.1) is 19.8 Å². The van der Waals surface area contributed by atoms with E-state index in [4.69, 9.17) is 9.84 Å². The molecule has 0 radical (unpaired) electrons. The van der Waals surface area contributed by atoms with Crippen LogP contribution in [-0.4, -0.2) is 36.5 Å². The summed E-state index contributed by atoms with van der Waals surface area (Å²) in [5.74, 6) is 0.817. The fourth-order valence-electron chi connectivity index (χ4n) is 1.78. The fourth-order valence-corrected chi connectivity index (χ4v) is 1.78. The smallest absolute Gasteiger partial charge is 0.121 e. The van der Waals surface area contributed by atoms with Gasteiger partial charge in [-0.2, -0.15) is 0 Å². The number of rotatable bonds is 6. The third-order valence-electron chi connectivity index (χ3n) is 2.81. The molecule has 0 aliphatic heterocycles. The van der Waals surface area contributed by atoms with Gasteiger partial charge in [-0.3, -0.25) is 0 Å². The lowest BCUT2D eigenvalue weighted by Crippen LogP contribution is -2.34. The van der Waals surface area contributed by atoms with Gasteiger partial charge >= 0.3 is 0 Å². The molecule has 0 aliphatic rings. The minimum Gasteiger partial charge on any atom is -0.496 e. The third kappa shape index (κ3) is 3.70. The first-order valence-corrected chi connectivity index (χ1v) is 5.77. The molecule has 0 aromatic heterocycles. The molecule has 0 spiro atoms. The summed E-state index contributed by atoms with van der Waals surface area (Å²) in [6, 6.07) is 5.52. The molecule has 2 unspecified atom stereocenters. The van der Waals surface area contributed by atoms with Crippen molar-refractivity contribution < 1.29 is 14.9 Å². The summed E-state index contributed by atoms with van der Waals surface area (Å²) in [4.78, 5) is 0. The van der Waals surface area contributed by atoms with E-state index in [1.165, 1.54) is 0 Å². The van der Waals surface area contributed by atoms with Gasteiger partial charge < -0.3 is 20.3 Å². The van der Waals surface area contributed by atoms with Crippen LogP contribution < -0.4 is 10.1 Å². The predicted molar refractivity (Wildman–Crippen MR) is 67.2 cm³/mol. The monoisotopic (exact) mass is 239 g/mol. The molecule has 1 aromatic rings. The SMILES string of the molecule is COc1ccc(C(O)C(C)NCCO)cc1C. The summed E-state index contributed by atoms with van der Waals surface area (Å²) in [5, 5.41) is 21.9. The van der Waals surface area contributed by atoms with E-state index in [0.29, 0.717) is 6.54 Å². The van der Waals surface area contributed by atoms with Crippen LogP contribution in [0.15, 0.2) is 18.2 Å². The van der Waals surface area contributed by atoms with Gasteiger partial charge in [-0.1, -0.05) is 6.07 Å². The lowest BCUT2D eigenvalue weighted by Gasteiger charge is -2.21. The van der Waals surface area contributed by atoms with Crippen LogP contribution in [0.25, 0.3) is 0 Å². The molecule has 4 nitrogen and oxygen atoms in total. The van der Waals surface area contributed by atoms with Gasteiger partial charge in [-0.05, 0) is 37.1 Å². The first-order valence-electron chi connectivity index (χ1n) is 5.77. The number of nitrogens with one attached hydrogen (secondary N) is 1. The molecule has 17 heavy (non-hydrogen) atoms. The Bertz CT molecular complexity index is 355. The molecule has 0 amide bonds. The van der Waals surface area contributed by atoms with Gasteiger partial charge in [-0.25, -0.2) is 0 Å². The molecule has 0 saturated heterocycles. The summed E-state index contributed by atoms with van der Waals surface area (Å²) in [5.41, 5.74) is 1.85. The van der Waals surface area contributed by atoms with Crippen LogP contribution in [0.4, 0.5) is 0 Å². The van der Waals surface area contributed by atoms with Crippen molar-refractivity contribution >= 4 is 0 Å². The Morgan fingerprint density at radius 1 is 1.41 bits per heavy atom. The van der Waals surface area contributed by atoms with Crippen molar-refractivity contribution in [3.63, 3.8) is 0 Å². The fraction of sp³-hybridized carbons (Fsp3) is 0.538. The molecule has 4 heteroatoms. The number of hydrogen-bond donors (Lipinski definition) is 3. The zero-order valence-electron chi connectivity index (χ0n) is 10.6. The van der Waals surface area contributed by atoms with Crippen molar-refractivity contribution in [3.8, 4) is 5.75 Å². The van der Waals surface area contributed by atoms with E-state index < -0.39 is 6.10 Å². The Morgan fingerprint density at radius 2 is 2.12 bits per heavy atom. The number of ether oxygens (including phenoxy) is 1. The lowest BCUT2D eigenvalue weighted by atomic mass is 10.0. The highest BCUT2D eigenvalue weighted by Crippen LogP contribution is 2.24. The topological polar surface area (TPSA) is 61.7 Å². The Kier molecular flexibility index (Phi) is 5.41. The Labute approximate surface area is 102 Å². The maximum absolute atomic E-state index is 10.1. The summed E-state index contributed by atoms with van der Waals surface area (Å²) in [7, 11) is 1.63. The molecule has 0 bridgehead atoms. The van der Waals surface area contributed by atoms with Crippen molar-refractivity contribution in [2.24, 2.45) is 0 Å². The van der Waals surface area contributed by atoms with E-state index in [9.17, 15) is 5.11 Å². The van der Waals surface area contributed by atoms with Gasteiger partial charge in [0.15, 0.2) is 0 Å². The van der Waals surface area contributed by atoms with Gasteiger partial charge in [0.1, 0.15) is 5.75 Å². The number of aryl methyl sites for hydroxylation is 1. The molecule has 3 N–H and O–H groups in total. The average molecular weight is 239 g/mol. The van der Waals surface area contributed by atoms with Gasteiger partial charge in [0.25, 0.3) is 0 Å². The minimum atomic E-state index is -0.592. The maximum atomic E-state index is 10.1. The zero-order valence-corrected chi connectivity index (χ0v) is 10.6. The minimum absolute atomic E-state index is 0.0682. The Hall–Kier alpha value is -1.10. The summed E-state index contributed by atoms with van der Waals surface area (Å²) in [6.45, 7) is 4.38. The number of aliphatic hydroxyl groups excluding tert-OH is 2. The number of benzene rings is 1. The van der Waals surface area contributed by atoms with E-state index in [1.807, 2.05) is 32.0 Å². The van der Waals surface area contributed by atoms with Gasteiger partial charge in [-0.15, -0.1) is 0 Å². The average Bonchev–Trinajstić information content (AvgIpc) is 2.34. The van der Waals surface area contributed by atoms with Gasteiger partial charge in [0, 0.05) is 12.6 Å². The zero-order chi connectivity index (χ0) is 12.8. The van der Waals surface area contributed by atoms with Crippen molar-refractivity contribution in [3.05, 3.63) is 29.3 Å². The second-order valence-electron chi connectivity index (χ2n) is 4.14. The van der Waals surface area contributed by atoms with E-state index in [2.05, 4.69) is 5.32 Å². The van der Waals surface area contributed by atoms with Crippen LogP contribution >= 0.6 is 0 Å². The van der Waals surface area contributed by atoms with Crippen molar-refractivity contribution in [1.29, 1.82) is 0 Å². The van der Waals surface area contributed by atoms with E-state index in [0.717, 1.165) is 16.9 Å². The van der Waals surface area contributed by atoms with E-state index >= 15 is 0 Å². The van der Waals surface area contributed by atoms with Crippen molar-refractivity contribution in [2.75, 3.05) is 20.3 Å². The van der Waals surface area contributed by atoms with Crippen LogP contribution in [-0.2, 0) is 0 Å². The first kappa shape index (κ1) is 14.0. The van der Waals surface area contributed by atoms with E-state index in [-0.39, 0.29) is 12.6 Å². The number of methoxy groups -OCH3 is 1. The number of aliphatic hydroxyl groups is 2. The first-order chi connectivity index (χ1) is 8.10. The van der Waals surface area contributed by atoms with E-state index in [1.54, 1.807) is 7.11 Å². The summed E-state index contributed by atoms with van der Waals surface area (Å²) < 4.78 is 5.17. The molecule has 0 saturated carbocycles. The molecule has 1 aromatic carbocycles. The molecule has 1 rings (SSSR count). The molecule has 0 heterocycles. The van der Waals surface area contributed by atoms with Crippen molar-refractivity contribution in [1.82, 2.24) is 5.32 Å². The Balaban J connectivity index is 2.74. The molecule has 96 valence electrons. The largest absolute Gasteiger partial charge is 0.496 e. The van der Waals surface area contributed by atoms with Crippen LogP contribution in [0.3, 0.4) is 0 Å². The predicted octanol–water partition coefficient (Wildman–Crippen LogP) is 1.01. The van der Waals surface area contributed by atoms with Crippen LogP contribution in [0.2, 0.25) is 0 Å². The quantitative estimate of drug-likeness (QED) is 0.693. The molecule has 0 fully saturated rings. The number of hydrogen-bond acceptors (Lipinski definition) is 4. The second kappa shape index (κ2) is 6.59. The standard InChI is InChI=1S/C13H21NO3/c1-9-8-11(4-5-12(9)17-3)13(16)10(2)14-6-7-15/h4-5,8,10,13-16H,6-7H2,1-3H3. The van der Waals surface area contributed by atoms with Crippen LogP contribution in [0, 0.1) is 6.92 Å². The highest BCUT2D eigenvalue weighted by molar-refractivity contribution is 5.37. The lowest BCUT2D eigenvalue weighted by molar-refractivity contribution is 0.132. The van der Waals surface area contributed by atoms with Gasteiger partial charge in [0.2, 0.25) is 0 Å². The van der Waals surface area contributed by atoms with Crippen LogP contribution in [0.5, 0.6) is 5.75 Å². The highest BCUT2D eigenvalue weighted by atomic mass is 16.5. The summed E-state index contributed by atoms with van der Waals surface area (Å²) in [6.07, 6.45) is -0.592. The third-order valence-corrected chi connectivity index (χ3v) is 2.81. The highest BCUT2D eigenvalue weighted by Gasteiger charge is 2.16. The normalized spacial score (nSPS) is 14.4. The molecule has 2 atom stereocenters. The second-order valence-corrected chi connectivity index (χ2v) is 4.14. The molecule has 0 aliphatic carbocycles. The van der Waals surface area contributed by atoms with Crippen molar-refractivity contribution in [2.45, 2.75) is 26.0 Å². The molecular formula is C13H21NO3.